The summed E-state index contributed by atoms with van der Waals surface area (Å²) in [7, 11) is 0. The van der Waals surface area contributed by atoms with Crippen molar-refractivity contribution in [3.05, 3.63) is 35.9 Å². The minimum atomic E-state index is -0.920. The lowest BCUT2D eigenvalue weighted by molar-refractivity contribution is -0.137. The summed E-state index contributed by atoms with van der Waals surface area (Å²) < 4.78 is 4.59. The van der Waals surface area contributed by atoms with E-state index in [1.165, 1.54) is 12.1 Å². The minimum Gasteiger partial charge on any atom is -0.459 e. The average molecular weight is 203 g/mol. The molecule has 0 amide bonds. The Labute approximate surface area is 87.1 Å². The molecular formula is C11H9NO3. The van der Waals surface area contributed by atoms with Gasteiger partial charge in [0.05, 0.1) is 12.5 Å². The largest absolute Gasteiger partial charge is 0.459 e. The summed E-state index contributed by atoms with van der Waals surface area (Å²) in [5.41, 5.74) is 0.291. The standard InChI is InChI=1S/C11H9NO3/c12-7-4-8-15-11(14)10(13)9-5-2-1-3-6-9/h1-3,5-6H,4,8H2. The number of hydrogen-bond acceptors (Lipinski definition) is 4. The fraction of sp³-hybridized carbons (Fsp3) is 0.182. The predicted octanol–water partition coefficient (Wildman–Crippen LogP) is 1.33. The molecule has 0 aliphatic rings. The predicted molar refractivity (Wildman–Crippen MR) is 52.0 cm³/mol. The van der Waals surface area contributed by atoms with Crippen LogP contribution in [-0.2, 0) is 9.53 Å². The molecule has 0 N–H and O–H groups in total. The van der Waals surface area contributed by atoms with Crippen LogP contribution in [-0.4, -0.2) is 18.4 Å². The number of esters is 1. The highest BCUT2D eigenvalue weighted by atomic mass is 16.5. The second-order valence-electron chi connectivity index (χ2n) is 2.74. The molecule has 0 heterocycles. The summed E-state index contributed by atoms with van der Waals surface area (Å²) in [6.07, 6.45) is 0.0911. The van der Waals surface area contributed by atoms with Crippen LogP contribution >= 0.6 is 0 Å². The molecule has 0 bridgehead atoms. The maximum atomic E-state index is 11.4. The number of rotatable bonds is 4. The Morgan fingerprint density at radius 1 is 1.27 bits per heavy atom. The molecule has 76 valence electrons. The van der Waals surface area contributed by atoms with E-state index in [4.69, 9.17) is 5.26 Å². The molecule has 0 saturated carbocycles. The first-order chi connectivity index (χ1) is 7.25. The third-order valence-electron chi connectivity index (χ3n) is 1.67. The van der Waals surface area contributed by atoms with Crippen LogP contribution < -0.4 is 0 Å². The van der Waals surface area contributed by atoms with E-state index in [9.17, 15) is 9.59 Å². The van der Waals surface area contributed by atoms with Crippen molar-refractivity contribution >= 4 is 11.8 Å². The van der Waals surface area contributed by atoms with E-state index in [1.807, 2.05) is 6.07 Å². The molecule has 0 atom stereocenters. The monoisotopic (exact) mass is 203 g/mol. The molecule has 1 aromatic carbocycles. The van der Waals surface area contributed by atoms with E-state index >= 15 is 0 Å². The van der Waals surface area contributed by atoms with Crippen molar-refractivity contribution in [3.63, 3.8) is 0 Å². The normalized spacial score (nSPS) is 9.00. The van der Waals surface area contributed by atoms with Gasteiger partial charge in [0.25, 0.3) is 5.78 Å². The average Bonchev–Trinajstić information content (AvgIpc) is 2.29. The molecule has 4 heteroatoms. The lowest BCUT2D eigenvalue weighted by Crippen LogP contribution is -2.17. The molecule has 0 saturated heterocycles. The number of benzene rings is 1. The number of ether oxygens (including phenoxy) is 1. The van der Waals surface area contributed by atoms with Gasteiger partial charge in [-0.15, -0.1) is 0 Å². The molecule has 1 aromatic rings. The van der Waals surface area contributed by atoms with E-state index in [1.54, 1.807) is 18.2 Å². The third-order valence-corrected chi connectivity index (χ3v) is 1.67. The lowest BCUT2D eigenvalue weighted by atomic mass is 10.1. The van der Waals surface area contributed by atoms with Crippen molar-refractivity contribution in [2.75, 3.05) is 6.61 Å². The smallest absolute Gasteiger partial charge is 0.379 e. The Morgan fingerprint density at radius 3 is 2.53 bits per heavy atom. The van der Waals surface area contributed by atoms with Crippen molar-refractivity contribution in [1.82, 2.24) is 0 Å². The summed E-state index contributed by atoms with van der Waals surface area (Å²) in [6.45, 7) is -0.0477. The summed E-state index contributed by atoms with van der Waals surface area (Å²) in [5.74, 6) is -1.61. The zero-order valence-electron chi connectivity index (χ0n) is 7.97. The minimum absolute atomic E-state index is 0.0477. The van der Waals surface area contributed by atoms with Crippen LogP contribution in [0.1, 0.15) is 16.8 Å². The summed E-state index contributed by atoms with van der Waals surface area (Å²) in [4.78, 5) is 22.5. The molecule has 0 fully saturated rings. The Morgan fingerprint density at radius 2 is 1.93 bits per heavy atom. The molecule has 0 radical (unpaired) electrons. The first-order valence-electron chi connectivity index (χ1n) is 4.39. The number of Topliss-reactive ketones (excluding diaryl/α,β-unsaturated/α-hetero) is 1. The van der Waals surface area contributed by atoms with Crippen LogP contribution in [0.2, 0.25) is 0 Å². The molecule has 1 rings (SSSR count). The second kappa shape index (κ2) is 5.55. The molecular weight excluding hydrogens is 194 g/mol. The van der Waals surface area contributed by atoms with Gasteiger partial charge < -0.3 is 4.74 Å². The van der Waals surface area contributed by atoms with Crippen LogP contribution in [0.3, 0.4) is 0 Å². The van der Waals surface area contributed by atoms with E-state index < -0.39 is 11.8 Å². The van der Waals surface area contributed by atoms with Gasteiger partial charge in [0.15, 0.2) is 0 Å². The Balaban J connectivity index is 2.55. The van der Waals surface area contributed by atoms with Gasteiger partial charge in [-0.3, -0.25) is 4.79 Å². The molecule has 0 unspecified atom stereocenters. The second-order valence-corrected chi connectivity index (χ2v) is 2.74. The third kappa shape index (κ3) is 3.24. The number of nitriles is 1. The van der Waals surface area contributed by atoms with Crippen LogP contribution in [0, 0.1) is 11.3 Å². The molecule has 0 aliphatic heterocycles. The molecule has 4 nitrogen and oxygen atoms in total. The number of carbonyl (C=O) groups excluding carboxylic acids is 2. The lowest BCUT2D eigenvalue weighted by Gasteiger charge is -2.00. The highest BCUT2D eigenvalue weighted by Crippen LogP contribution is 2.01. The van der Waals surface area contributed by atoms with Crippen molar-refractivity contribution < 1.29 is 14.3 Å². The van der Waals surface area contributed by atoms with E-state index in [2.05, 4.69) is 4.74 Å². The maximum absolute atomic E-state index is 11.4. The van der Waals surface area contributed by atoms with Crippen molar-refractivity contribution in [2.45, 2.75) is 6.42 Å². The van der Waals surface area contributed by atoms with Gasteiger partial charge in [0.1, 0.15) is 6.61 Å². The molecule has 15 heavy (non-hydrogen) atoms. The van der Waals surface area contributed by atoms with E-state index in [0.29, 0.717) is 5.56 Å². The zero-order chi connectivity index (χ0) is 11.1. The van der Waals surface area contributed by atoms with Gasteiger partial charge >= 0.3 is 5.97 Å². The van der Waals surface area contributed by atoms with Crippen LogP contribution in [0.15, 0.2) is 30.3 Å². The first kappa shape index (κ1) is 10.9. The van der Waals surface area contributed by atoms with Crippen LogP contribution in [0.4, 0.5) is 0 Å². The Kier molecular flexibility index (Phi) is 4.05. The van der Waals surface area contributed by atoms with E-state index in [0.717, 1.165) is 0 Å². The fourth-order valence-electron chi connectivity index (χ4n) is 0.962. The topological polar surface area (TPSA) is 67.2 Å². The quantitative estimate of drug-likeness (QED) is 0.320. The first-order valence-corrected chi connectivity index (χ1v) is 4.39. The van der Waals surface area contributed by atoms with E-state index in [-0.39, 0.29) is 13.0 Å². The summed E-state index contributed by atoms with van der Waals surface area (Å²) >= 11 is 0. The number of hydrogen-bond donors (Lipinski definition) is 0. The number of carbonyl (C=O) groups is 2. The van der Waals surface area contributed by atoms with Gasteiger partial charge in [-0.05, 0) is 0 Å². The highest BCUT2D eigenvalue weighted by molar-refractivity contribution is 6.40. The fourth-order valence-corrected chi connectivity index (χ4v) is 0.962. The molecule has 0 aromatic heterocycles. The molecule has 0 aliphatic carbocycles. The Bertz CT molecular complexity index is 392. The van der Waals surface area contributed by atoms with Crippen molar-refractivity contribution in [3.8, 4) is 6.07 Å². The Hall–Kier alpha value is -2.15. The number of ketones is 1. The van der Waals surface area contributed by atoms with Crippen LogP contribution in [0.5, 0.6) is 0 Å². The van der Waals surface area contributed by atoms with Crippen molar-refractivity contribution in [2.24, 2.45) is 0 Å². The summed E-state index contributed by atoms with van der Waals surface area (Å²) in [6, 6.07) is 9.96. The SMILES string of the molecule is N#CCCOC(=O)C(=O)c1ccccc1. The number of nitrogens with zero attached hydrogens (tertiary/aromatic N) is 1. The van der Waals surface area contributed by atoms with Gasteiger partial charge in [-0.2, -0.15) is 5.26 Å². The summed E-state index contributed by atoms with van der Waals surface area (Å²) in [5, 5.41) is 8.21. The molecule has 0 spiro atoms. The zero-order valence-corrected chi connectivity index (χ0v) is 7.97. The maximum Gasteiger partial charge on any atom is 0.379 e. The van der Waals surface area contributed by atoms with Crippen LogP contribution in [0.25, 0.3) is 0 Å². The van der Waals surface area contributed by atoms with Gasteiger partial charge in [0, 0.05) is 5.56 Å². The highest BCUT2D eigenvalue weighted by Gasteiger charge is 2.16. The van der Waals surface area contributed by atoms with Crippen molar-refractivity contribution in [1.29, 1.82) is 5.26 Å². The van der Waals surface area contributed by atoms with Gasteiger partial charge in [-0.25, -0.2) is 4.79 Å². The van der Waals surface area contributed by atoms with Gasteiger partial charge in [0.2, 0.25) is 0 Å². The van der Waals surface area contributed by atoms with Gasteiger partial charge in [-0.1, -0.05) is 30.3 Å².